The van der Waals surface area contributed by atoms with Crippen LogP contribution in [0.3, 0.4) is 0 Å². The smallest absolute Gasteiger partial charge is 0.299 e. The number of rotatable bonds is 15. The van der Waals surface area contributed by atoms with E-state index in [1.807, 2.05) is 65.8 Å². The van der Waals surface area contributed by atoms with Gasteiger partial charge in [-0.2, -0.15) is 18.4 Å². The van der Waals surface area contributed by atoms with Crippen molar-refractivity contribution in [3.05, 3.63) is 348 Å². The first-order chi connectivity index (χ1) is 68.3. The molecule has 10 N–H and O–H groups in total. The molecule has 11 aromatic rings. The first-order valence-electron chi connectivity index (χ1n) is 43.6. The number of halogens is 5. The van der Waals surface area contributed by atoms with Crippen LogP contribution in [0.15, 0.2) is 215 Å². The molecule has 29 nitrogen and oxygen atoms in total. The van der Waals surface area contributed by atoms with Crippen LogP contribution in [0, 0.1) is 124 Å². The van der Waals surface area contributed by atoms with Crippen molar-refractivity contribution in [3.63, 3.8) is 0 Å². The zero-order valence-electron chi connectivity index (χ0n) is 81.4. The number of hydrogen-bond donors (Lipinski definition) is 8. The van der Waals surface area contributed by atoms with E-state index in [0.29, 0.717) is 101 Å². The number of carbonyl (C=O) groups is 2. The van der Waals surface area contributed by atoms with Gasteiger partial charge in [0.05, 0.1) is 79.3 Å². The molecule has 748 valence electrons. The van der Waals surface area contributed by atoms with E-state index in [1.165, 1.54) is 64.4 Å². The number of phenolic OH excluding ortho intramolecular Hbond substituents is 4. The predicted molar refractivity (Wildman–Crippen MR) is 569 cm³/mol. The summed E-state index contributed by atoms with van der Waals surface area (Å²) in [5.41, 5.74) is 22.0. The molecule has 4 heterocycles. The molecule has 145 heavy (non-hydrogen) atoms. The molecule has 4 aliphatic heterocycles. The van der Waals surface area contributed by atoms with Crippen LogP contribution in [-0.2, 0) is 33.4 Å². The molecule has 0 radical (unpaired) electrons. The number of aryl methyl sites for hydroxylation is 7. The van der Waals surface area contributed by atoms with Gasteiger partial charge in [0, 0.05) is 123 Å². The molecule has 0 aliphatic carbocycles. The summed E-state index contributed by atoms with van der Waals surface area (Å²) >= 11 is 20.1. The molecule has 0 saturated carbocycles. The molecule has 4 fully saturated rings. The van der Waals surface area contributed by atoms with E-state index < -0.39 is 78.9 Å². The number of ether oxygens (including phenoxy) is 3. The number of thiocarbonyl (C=S) groups is 4. The highest BCUT2D eigenvalue weighted by Gasteiger charge is 2.52. The Morgan fingerprint density at radius 1 is 0.448 bits per heavy atom. The molecule has 4 aliphatic rings. The van der Waals surface area contributed by atoms with E-state index in [4.69, 9.17) is 116 Å². The van der Waals surface area contributed by atoms with E-state index in [0.717, 1.165) is 86.7 Å². The van der Waals surface area contributed by atoms with E-state index in [2.05, 4.69) is 89.3 Å². The van der Waals surface area contributed by atoms with Gasteiger partial charge >= 0.3 is 0 Å². The molecule has 0 aromatic heterocycles. The highest BCUT2D eigenvalue weighted by atomic mass is 32.2. The SMILES string of the molecule is Cc1ccc(S(=O)(=O)O[C@H]2CCOC2)cc1.Nc1ccc(O)c(F)c1.[C-]#[N+]C(C)(C)Nc1ccc(O)c(F)c1.[C-]#[N+]C(C)(C)Nc1ccc(O)c(F)c1.[C-]#[N+]c1cc(C)c(N)cc1C.[C-]#[N+]c1ccc(N2C(=O)C(C)(C)N(c3ccc(O)c(F)c3)C2=S)cc1C.[C-]#[N+]c1ccc(N2C(=O)C(C)(C)N(c3ccc(O[C@@H]4CCOC4)c(F)c3)C2=S)cc1C.[C-]#[N+]c1ccc(N=C=S)cc1C.[C-]#[N+]c1ccc(N=C=S)cc1C. The molecular weight excluding hydrogens is 1960 g/mol. The first-order valence-corrected chi connectivity index (χ1v) is 46.7. The van der Waals surface area contributed by atoms with Gasteiger partial charge in [-0.1, -0.05) is 48.0 Å². The van der Waals surface area contributed by atoms with Crippen molar-refractivity contribution in [1.29, 1.82) is 0 Å². The van der Waals surface area contributed by atoms with Crippen molar-refractivity contribution in [1.82, 2.24) is 0 Å². The molecule has 2 amide bonds. The number of anilines is 8. The maximum absolute atomic E-state index is 14.8. The number of amides is 2. The number of nitrogens with zero attached hydrogens (tertiary/aromatic N) is 13. The van der Waals surface area contributed by atoms with Crippen molar-refractivity contribution >= 4 is 177 Å². The zero-order valence-corrected chi connectivity index (χ0v) is 85.5. The van der Waals surface area contributed by atoms with E-state index in [1.54, 1.807) is 169 Å². The fourth-order valence-electron chi connectivity index (χ4n) is 13.6. The molecule has 15 rings (SSSR count). The van der Waals surface area contributed by atoms with Gasteiger partial charge < -0.3 is 66.5 Å². The molecule has 0 spiro atoms. The molecule has 0 unspecified atom stereocenters. The summed E-state index contributed by atoms with van der Waals surface area (Å²) in [7, 11) is -3.64. The van der Waals surface area contributed by atoms with Gasteiger partial charge in [-0.25, -0.2) is 59.3 Å². The van der Waals surface area contributed by atoms with Crippen LogP contribution in [0.5, 0.6) is 28.7 Å². The average molecular weight is 2060 g/mol. The Morgan fingerprint density at radius 3 is 1.16 bits per heavy atom. The second kappa shape index (κ2) is 52.0. The third kappa shape index (κ3) is 31.9. The number of aliphatic imine (C=N–C) groups is 2. The monoisotopic (exact) mass is 2060 g/mol. The summed E-state index contributed by atoms with van der Waals surface area (Å²) in [6, 6.07) is 51.1. The van der Waals surface area contributed by atoms with E-state index in [-0.39, 0.29) is 50.6 Å². The fraction of sp³-hybridized carbons (Fsp3) is 0.255. The maximum atomic E-state index is 14.8. The summed E-state index contributed by atoms with van der Waals surface area (Å²) in [6.45, 7) is 77.2. The highest BCUT2D eigenvalue weighted by molar-refractivity contribution is 7.86. The largest absolute Gasteiger partial charge is 0.505 e. The lowest BCUT2D eigenvalue weighted by molar-refractivity contribution is -0.121. The Hall–Kier alpha value is -16.2. The third-order valence-corrected chi connectivity index (χ3v) is 23.7. The minimum Gasteiger partial charge on any atom is -0.505 e. The topological polar surface area (TPSA) is 330 Å². The number of nitrogen functional groups attached to an aromatic ring is 2. The van der Waals surface area contributed by atoms with Crippen molar-refractivity contribution in [3.8, 4) is 28.7 Å². The van der Waals surface area contributed by atoms with Gasteiger partial charge in [0.15, 0.2) is 96.5 Å². The zero-order chi connectivity index (χ0) is 108. The van der Waals surface area contributed by atoms with Crippen molar-refractivity contribution in [2.75, 3.05) is 68.1 Å². The number of nitrogens with one attached hydrogen (secondary N) is 2. The lowest BCUT2D eigenvalue weighted by Gasteiger charge is -2.29. The van der Waals surface area contributed by atoms with Gasteiger partial charge in [-0.15, -0.1) is 0 Å². The molecular formula is C106H102F5N17O12S5. The maximum Gasteiger partial charge on any atom is 0.299 e. The van der Waals surface area contributed by atoms with Crippen LogP contribution in [-0.4, -0.2) is 122 Å². The Morgan fingerprint density at radius 2 is 0.807 bits per heavy atom. The molecule has 0 bridgehead atoms. The van der Waals surface area contributed by atoms with Gasteiger partial charge in [0.25, 0.3) is 33.3 Å². The molecule has 11 aromatic carbocycles. The lowest BCUT2D eigenvalue weighted by Crippen LogP contribution is -2.44. The number of hydrogen-bond acceptors (Lipinski definition) is 22. The Bertz CT molecular complexity index is 7050. The van der Waals surface area contributed by atoms with Crippen LogP contribution >= 0.6 is 48.9 Å². The van der Waals surface area contributed by atoms with Crippen LogP contribution in [0.1, 0.15) is 107 Å². The van der Waals surface area contributed by atoms with Crippen LogP contribution < -0.4 is 46.4 Å². The Kier molecular flexibility index (Phi) is 41.6. The normalized spacial score (nSPS) is 14.3. The van der Waals surface area contributed by atoms with E-state index >= 15 is 0 Å². The minimum atomic E-state index is -3.64. The molecule has 4 saturated heterocycles. The van der Waals surface area contributed by atoms with Gasteiger partial charge in [0.2, 0.25) is 0 Å². The number of nitrogens with two attached hydrogens (primary N) is 2. The Labute approximate surface area is 861 Å². The van der Waals surface area contributed by atoms with E-state index in [9.17, 15) is 45.1 Å². The number of aromatic hydroxyl groups is 4. The molecule has 2 atom stereocenters. The minimum absolute atomic E-state index is 0.149. The number of isothiocyanates is 2. The molecule has 39 heteroatoms. The van der Waals surface area contributed by atoms with Crippen LogP contribution in [0.4, 0.5) is 107 Å². The van der Waals surface area contributed by atoms with Crippen molar-refractivity contribution in [2.24, 2.45) is 9.98 Å². The van der Waals surface area contributed by atoms with Crippen molar-refractivity contribution in [2.45, 2.75) is 156 Å². The summed E-state index contributed by atoms with van der Waals surface area (Å²) in [4.78, 5) is 63.7. The van der Waals surface area contributed by atoms with Crippen LogP contribution in [0.2, 0.25) is 0 Å². The number of carbonyl (C=O) groups excluding carboxylic acids is 2. The summed E-state index contributed by atoms with van der Waals surface area (Å²) in [5.74, 6) is -5.35. The summed E-state index contributed by atoms with van der Waals surface area (Å²) < 4.78 is 111. The van der Waals surface area contributed by atoms with Gasteiger partial charge in [-0.3, -0.25) is 33.3 Å². The quantitative estimate of drug-likeness (QED) is 0.00899. The fourth-order valence-corrected chi connectivity index (χ4v) is 15.9. The van der Waals surface area contributed by atoms with Gasteiger partial charge in [0.1, 0.15) is 23.3 Å². The summed E-state index contributed by atoms with van der Waals surface area (Å²) in [6.07, 6.45) is 0.847. The van der Waals surface area contributed by atoms with Crippen LogP contribution in [0.25, 0.3) is 33.9 Å². The Balaban J connectivity index is 0.000000228. The second-order valence-electron chi connectivity index (χ2n) is 34.3. The van der Waals surface area contributed by atoms with Gasteiger partial charge in [-0.05, 0) is 286 Å². The summed E-state index contributed by atoms with van der Waals surface area (Å²) in [5, 5.41) is 46.6. The van der Waals surface area contributed by atoms with Crippen molar-refractivity contribution < 1.29 is 78.8 Å². The standard InChI is InChI=1S/C23H22FN3O3S.C19H16FN3O2S.C11H14O4S.2C10H11FN2O.2C9H6N2S.C9H10N2.C6H6FNO/c1-14-11-15(5-7-19(14)25-4)26-21(28)23(2,3)27(22(26)31)16-6-8-20(18(24)12-16)30-17-9-10-29-13-17;1-11-9-12(5-7-15(11)21-4)22-17(25)19(2,3)23(18(22)26)13-6-8-16(24)14(20)10-13;1-9-2-4-11(5-3-9)16(12,13)15-10-6-7-14-8-10;2*1-10(2,12-3)13-7-4-5-9(14)8(11)6-7;2*1-7-5-8(11-6-12)3-4-9(7)10-2;1-6-5-9(11-3)7(2)4-8(6)10;7-5-3-4(8)1-2-6(5)9/h5-8,11-12,17H,9-10,13H2,1-3H3;5-10,24H,1-3H3;2-5,10H,6-8H2,1H3;2*4-6,13-14H,1-2H3;2*3-5H,1H3;4-5H,10H2,1-2H3;1-3,9H,8H2/t17-;;10-;;;;;;/m1.0....../s1. The average Bonchev–Trinajstić information content (AvgIpc) is 1.59. The first kappa shape index (κ1) is 116. The number of phenols is 4. The second-order valence-corrected chi connectivity index (χ2v) is 37.0. The third-order valence-electron chi connectivity index (χ3n) is 21.4. The lowest BCUT2D eigenvalue weighted by atomic mass is 10.0. The number of benzene rings is 11. The highest BCUT2D eigenvalue weighted by Crippen LogP contribution is 2.43. The predicted octanol–water partition coefficient (Wildman–Crippen LogP) is 25.9.